The molecule has 1 aliphatic rings. The Morgan fingerprint density at radius 3 is 2.24 bits per heavy atom. The second-order valence-electron chi connectivity index (χ2n) is 8.90. The van der Waals surface area contributed by atoms with E-state index in [0.717, 1.165) is 23.3 Å². The van der Waals surface area contributed by atoms with Gasteiger partial charge in [0.1, 0.15) is 17.2 Å². The number of methoxy groups -OCH3 is 1. The van der Waals surface area contributed by atoms with Gasteiger partial charge in [-0.1, -0.05) is 36.4 Å². The minimum Gasteiger partial charge on any atom is -0.497 e. The third-order valence-corrected chi connectivity index (χ3v) is 6.12. The SMILES string of the molecule is COc1ccc(CCOc2ccc(C(=O)NC(=Cc3ccc(C4CC4)cc3)C(=O)NCCO)cc2)cc1. The molecule has 1 fully saturated rings. The first-order chi connectivity index (χ1) is 18.1. The normalized spacial score (nSPS) is 13.1. The van der Waals surface area contributed by atoms with E-state index in [2.05, 4.69) is 22.8 Å². The number of hydrogen-bond donors (Lipinski definition) is 3. The van der Waals surface area contributed by atoms with Crippen LogP contribution in [0.1, 0.15) is 45.8 Å². The largest absolute Gasteiger partial charge is 0.497 e. The molecular weight excluding hydrogens is 468 g/mol. The molecule has 192 valence electrons. The van der Waals surface area contributed by atoms with Crippen LogP contribution in [-0.4, -0.2) is 43.8 Å². The molecule has 0 radical (unpaired) electrons. The van der Waals surface area contributed by atoms with Crippen molar-refractivity contribution in [1.29, 1.82) is 0 Å². The molecule has 0 spiro atoms. The first-order valence-electron chi connectivity index (χ1n) is 12.4. The molecule has 1 aliphatic carbocycles. The van der Waals surface area contributed by atoms with Crippen molar-refractivity contribution in [2.24, 2.45) is 0 Å². The Morgan fingerprint density at radius 1 is 0.946 bits per heavy atom. The van der Waals surface area contributed by atoms with E-state index >= 15 is 0 Å². The van der Waals surface area contributed by atoms with Crippen LogP contribution in [0.4, 0.5) is 0 Å². The Hall–Kier alpha value is -4.10. The maximum atomic E-state index is 12.9. The van der Waals surface area contributed by atoms with Crippen molar-refractivity contribution in [3.63, 3.8) is 0 Å². The summed E-state index contributed by atoms with van der Waals surface area (Å²) in [5.74, 6) is 1.22. The van der Waals surface area contributed by atoms with E-state index in [1.54, 1.807) is 37.5 Å². The highest BCUT2D eigenvalue weighted by Gasteiger charge is 2.23. The van der Waals surface area contributed by atoms with Crippen molar-refractivity contribution in [3.8, 4) is 11.5 Å². The number of amides is 2. The maximum absolute atomic E-state index is 12.9. The fourth-order valence-electron chi connectivity index (χ4n) is 3.85. The van der Waals surface area contributed by atoms with Crippen molar-refractivity contribution < 1.29 is 24.2 Å². The number of carbonyl (C=O) groups is 2. The fourth-order valence-corrected chi connectivity index (χ4v) is 3.85. The molecule has 3 aromatic carbocycles. The number of carbonyl (C=O) groups excluding carboxylic acids is 2. The van der Waals surface area contributed by atoms with Crippen molar-refractivity contribution in [1.82, 2.24) is 10.6 Å². The molecule has 0 heterocycles. The first-order valence-corrected chi connectivity index (χ1v) is 12.4. The summed E-state index contributed by atoms with van der Waals surface area (Å²) >= 11 is 0. The molecule has 3 N–H and O–H groups in total. The minimum atomic E-state index is -0.466. The molecule has 1 saturated carbocycles. The lowest BCUT2D eigenvalue weighted by Crippen LogP contribution is -2.36. The van der Waals surface area contributed by atoms with Crippen molar-refractivity contribution in [2.45, 2.75) is 25.2 Å². The molecule has 7 heteroatoms. The van der Waals surface area contributed by atoms with Gasteiger partial charge in [0.05, 0.1) is 20.3 Å². The Morgan fingerprint density at radius 2 is 1.62 bits per heavy atom. The van der Waals surface area contributed by atoms with E-state index < -0.39 is 11.8 Å². The molecule has 0 aromatic heterocycles. The zero-order valence-corrected chi connectivity index (χ0v) is 20.9. The standard InChI is InChI=1S/C30H32N2O5/c1-36-26-12-4-21(5-13-26)16-19-37-27-14-10-25(11-15-27)29(34)32-28(30(35)31-17-18-33)20-22-2-6-23(7-3-22)24-8-9-24/h2-7,10-15,20,24,33H,8-9,16-19H2,1H3,(H,31,35)(H,32,34). The van der Waals surface area contributed by atoms with Crippen molar-refractivity contribution >= 4 is 17.9 Å². The lowest BCUT2D eigenvalue weighted by Gasteiger charge is -2.12. The summed E-state index contributed by atoms with van der Waals surface area (Å²) in [4.78, 5) is 25.6. The van der Waals surface area contributed by atoms with Gasteiger partial charge in [-0.25, -0.2) is 0 Å². The van der Waals surface area contributed by atoms with Gasteiger partial charge in [-0.15, -0.1) is 0 Å². The summed E-state index contributed by atoms with van der Waals surface area (Å²) in [6.45, 7) is 0.396. The van der Waals surface area contributed by atoms with Crippen LogP contribution >= 0.6 is 0 Å². The molecule has 7 nitrogen and oxygen atoms in total. The van der Waals surface area contributed by atoms with Gasteiger partial charge in [0.25, 0.3) is 11.8 Å². The van der Waals surface area contributed by atoms with E-state index in [1.165, 1.54) is 18.4 Å². The second kappa shape index (κ2) is 12.7. The Labute approximate surface area is 217 Å². The van der Waals surface area contributed by atoms with Crippen molar-refractivity contribution in [3.05, 3.63) is 101 Å². The molecule has 0 bridgehead atoms. The smallest absolute Gasteiger partial charge is 0.267 e. The van der Waals surface area contributed by atoms with Crippen LogP contribution < -0.4 is 20.1 Å². The van der Waals surface area contributed by atoms with E-state index in [-0.39, 0.29) is 18.8 Å². The van der Waals surface area contributed by atoms with Crippen LogP contribution in [0.15, 0.2) is 78.5 Å². The topological polar surface area (TPSA) is 96.9 Å². The van der Waals surface area contributed by atoms with Gasteiger partial charge in [-0.2, -0.15) is 0 Å². The summed E-state index contributed by atoms with van der Waals surface area (Å²) in [5, 5.41) is 14.4. The molecule has 0 unspecified atom stereocenters. The highest BCUT2D eigenvalue weighted by Crippen LogP contribution is 2.39. The third-order valence-electron chi connectivity index (χ3n) is 6.12. The number of rotatable bonds is 12. The number of hydrogen-bond acceptors (Lipinski definition) is 5. The van der Waals surface area contributed by atoms with Crippen LogP contribution in [0.3, 0.4) is 0 Å². The van der Waals surface area contributed by atoms with Crippen LogP contribution in [0.2, 0.25) is 0 Å². The number of nitrogens with one attached hydrogen (secondary N) is 2. The zero-order valence-electron chi connectivity index (χ0n) is 20.9. The van der Waals surface area contributed by atoms with Crippen LogP contribution in [0, 0.1) is 0 Å². The molecule has 0 aliphatic heterocycles. The van der Waals surface area contributed by atoms with Crippen LogP contribution in [0.25, 0.3) is 6.08 Å². The molecule has 0 atom stereocenters. The number of aliphatic hydroxyl groups excluding tert-OH is 1. The van der Waals surface area contributed by atoms with E-state index in [9.17, 15) is 9.59 Å². The van der Waals surface area contributed by atoms with Gasteiger partial charge in [0.15, 0.2) is 0 Å². The van der Waals surface area contributed by atoms with Gasteiger partial charge >= 0.3 is 0 Å². The van der Waals surface area contributed by atoms with Gasteiger partial charge in [-0.05, 0) is 77.9 Å². The summed E-state index contributed by atoms with van der Waals surface area (Å²) in [5.41, 5.74) is 3.74. The quantitative estimate of drug-likeness (QED) is 0.326. The molecule has 3 aromatic rings. The van der Waals surface area contributed by atoms with Crippen LogP contribution in [0.5, 0.6) is 11.5 Å². The average molecular weight is 501 g/mol. The van der Waals surface area contributed by atoms with Gasteiger partial charge < -0.3 is 25.2 Å². The average Bonchev–Trinajstić information content (AvgIpc) is 3.78. The Kier molecular flexibility index (Phi) is 8.94. The molecule has 2 amide bonds. The minimum absolute atomic E-state index is 0.0925. The molecule has 37 heavy (non-hydrogen) atoms. The molecule has 4 rings (SSSR count). The monoisotopic (exact) mass is 500 g/mol. The Bertz CT molecular complexity index is 1210. The number of aliphatic hydroxyl groups is 1. The van der Waals surface area contributed by atoms with Crippen molar-refractivity contribution in [2.75, 3.05) is 26.9 Å². The molecule has 0 saturated heterocycles. The highest BCUT2D eigenvalue weighted by molar-refractivity contribution is 6.05. The van der Waals surface area contributed by atoms with Gasteiger partial charge in [-0.3, -0.25) is 9.59 Å². The zero-order chi connectivity index (χ0) is 26.0. The lowest BCUT2D eigenvalue weighted by molar-refractivity contribution is -0.117. The summed E-state index contributed by atoms with van der Waals surface area (Å²) in [6.07, 6.45) is 4.81. The summed E-state index contributed by atoms with van der Waals surface area (Å²) in [7, 11) is 1.64. The van der Waals surface area contributed by atoms with E-state index in [0.29, 0.717) is 23.8 Å². The van der Waals surface area contributed by atoms with E-state index in [4.69, 9.17) is 14.6 Å². The lowest BCUT2D eigenvalue weighted by atomic mass is 10.1. The Balaban J connectivity index is 1.36. The third kappa shape index (κ3) is 7.69. The van der Waals surface area contributed by atoms with Gasteiger partial charge in [0.2, 0.25) is 0 Å². The van der Waals surface area contributed by atoms with Crippen LogP contribution in [-0.2, 0) is 11.2 Å². The fraction of sp³-hybridized carbons (Fsp3) is 0.267. The first kappa shape index (κ1) is 26.0. The predicted octanol–water partition coefficient (Wildman–Crippen LogP) is 4.07. The number of ether oxygens (including phenoxy) is 2. The van der Waals surface area contributed by atoms with E-state index in [1.807, 2.05) is 36.4 Å². The maximum Gasteiger partial charge on any atom is 0.267 e. The second-order valence-corrected chi connectivity index (χ2v) is 8.90. The van der Waals surface area contributed by atoms with Gasteiger partial charge in [0, 0.05) is 18.5 Å². The molecular formula is C30H32N2O5. The number of benzene rings is 3. The predicted molar refractivity (Wildman–Crippen MR) is 143 cm³/mol. The summed E-state index contributed by atoms with van der Waals surface area (Å²) in [6, 6.07) is 22.6. The highest BCUT2D eigenvalue weighted by atomic mass is 16.5. The summed E-state index contributed by atoms with van der Waals surface area (Å²) < 4.78 is 11.0.